The number of rotatable bonds is 6. The van der Waals surface area contributed by atoms with Gasteiger partial charge in [-0.25, -0.2) is 0 Å². The number of nitrogens with zero attached hydrogens (tertiary/aromatic N) is 1. The van der Waals surface area contributed by atoms with Crippen molar-refractivity contribution in [3.8, 4) is 0 Å². The second kappa shape index (κ2) is 6.34. The highest BCUT2D eigenvalue weighted by Crippen LogP contribution is 1.93. The molecule has 0 aromatic heterocycles. The molecule has 0 aliphatic carbocycles. The summed E-state index contributed by atoms with van der Waals surface area (Å²) in [6, 6.07) is 0. The molecule has 0 heterocycles. The molecular formula is C8H17NO2. The summed E-state index contributed by atoms with van der Waals surface area (Å²) in [6.45, 7) is 7.91. The quantitative estimate of drug-likeness (QED) is 0.530. The first-order valence-corrected chi connectivity index (χ1v) is 3.79. The maximum Gasteiger partial charge on any atom is 0.0558 e. The average molecular weight is 159 g/mol. The van der Waals surface area contributed by atoms with Gasteiger partial charge in [-0.1, -0.05) is 12.2 Å². The van der Waals surface area contributed by atoms with Crippen molar-refractivity contribution >= 4 is 0 Å². The van der Waals surface area contributed by atoms with Gasteiger partial charge in [0.15, 0.2) is 0 Å². The van der Waals surface area contributed by atoms with Gasteiger partial charge in [0.05, 0.1) is 13.2 Å². The van der Waals surface area contributed by atoms with E-state index >= 15 is 0 Å². The predicted octanol–water partition coefficient (Wildman–Crippen LogP) is -0.151. The van der Waals surface area contributed by atoms with Crippen molar-refractivity contribution in [3.05, 3.63) is 12.2 Å². The van der Waals surface area contributed by atoms with Crippen LogP contribution in [0.4, 0.5) is 0 Å². The third-order valence-corrected chi connectivity index (χ3v) is 1.33. The first kappa shape index (κ1) is 10.6. The Kier molecular flexibility index (Phi) is 6.12. The zero-order valence-corrected chi connectivity index (χ0v) is 7.08. The van der Waals surface area contributed by atoms with Crippen LogP contribution < -0.4 is 0 Å². The second-order valence-corrected chi connectivity index (χ2v) is 2.68. The van der Waals surface area contributed by atoms with E-state index in [2.05, 4.69) is 6.58 Å². The third kappa shape index (κ3) is 6.04. The predicted molar refractivity (Wildman–Crippen MR) is 45.4 cm³/mol. The van der Waals surface area contributed by atoms with Crippen LogP contribution in [0, 0.1) is 0 Å². The molecule has 0 fully saturated rings. The summed E-state index contributed by atoms with van der Waals surface area (Å²) < 4.78 is 0. The van der Waals surface area contributed by atoms with Crippen LogP contribution >= 0.6 is 0 Å². The van der Waals surface area contributed by atoms with Crippen molar-refractivity contribution in [3.63, 3.8) is 0 Å². The molecule has 0 aliphatic rings. The van der Waals surface area contributed by atoms with Crippen LogP contribution in [0.3, 0.4) is 0 Å². The van der Waals surface area contributed by atoms with Crippen molar-refractivity contribution in [1.29, 1.82) is 0 Å². The van der Waals surface area contributed by atoms with Crippen molar-refractivity contribution in [2.24, 2.45) is 0 Å². The lowest BCUT2D eigenvalue weighted by atomic mass is 10.3. The Hall–Kier alpha value is -0.380. The summed E-state index contributed by atoms with van der Waals surface area (Å²) >= 11 is 0. The molecule has 66 valence electrons. The molecular weight excluding hydrogens is 142 g/mol. The summed E-state index contributed by atoms with van der Waals surface area (Å²) in [5.41, 5.74) is 1.05. The fourth-order valence-electron chi connectivity index (χ4n) is 0.934. The van der Waals surface area contributed by atoms with Gasteiger partial charge in [0, 0.05) is 19.6 Å². The SMILES string of the molecule is C=C(C)CN(CCO)CCO. The Morgan fingerprint density at radius 3 is 2.00 bits per heavy atom. The van der Waals surface area contributed by atoms with Crippen LogP contribution in [0.5, 0.6) is 0 Å². The highest BCUT2D eigenvalue weighted by atomic mass is 16.3. The highest BCUT2D eigenvalue weighted by molar-refractivity contribution is 4.91. The molecule has 0 spiro atoms. The summed E-state index contributed by atoms with van der Waals surface area (Å²) in [5.74, 6) is 0. The number of aliphatic hydroxyl groups is 2. The molecule has 0 amide bonds. The number of hydrogen-bond acceptors (Lipinski definition) is 3. The maximum absolute atomic E-state index is 8.62. The Bertz CT molecular complexity index is 109. The molecule has 11 heavy (non-hydrogen) atoms. The second-order valence-electron chi connectivity index (χ2n) is 2.68. The minimum atomic E-state index is 0.132. The molecule has 0 rings (SSSR count). The van der Waals surface area contributed by atoms with E-state index in [9.17, 15) is 0 Å². The van der Waals surface area contributed by atoms with Gasteiger partial charge in [0.25, 0.3) is 0 Å². The fourth-order valence-corrected chi connectivity index (χ4v) is 0.934. The number of hydrogen-bond donors (Lipinski definition) is 2. The standard InChI is InChI=1S/C8H17NO2/c1-8(2)7-9(3-5-10)4-6-11/h10-11H,1,3-7H2,2H3. The van der Waals surface area contributed by atoms with Gasteiger partial charge in [-0.2, -0.15) is 0 Å². The van der Waals surface area contributed by atoms with E-state index in [1.807, 2.05) is 11.8 Å². The minimum absolute atomic E-state index is 0.132. The van der Waals surface area contributed by atoms with E-state index in [0.717, 1.165) is 12.1 Å². The van der Waals surface area contributed by atoms with E-state index in [0.29, 0.717) is 13.1 Å². The van der Waals surface area contributed by atoms with Gasteiger partial charge in [-0.05, 0) is 6.92 Å². The molecule has 0 aliphatic heterocycles. The molecule has 2 N–H and O–H groups in total. The monoisotopic (exact) mass is 159 g/mol. The van der Waals surface area contributed by atoms with Gasteiger partial charge < -0.3 is 10.2 Å². The zero-order chi connectivity index (χ0) is 8.69. The fraction of sp³-hybridized carbons (Fsp3) is 0.750. The van der Waals surface area contributed by atoms with Crippen LogP contribution in [0.2, 0.25) is 0 Å². The lowest BCUT2D eigenvalue weighted by Gasteiger charge is -2.19. The molecule has 3 nitrogen and oxygen atoms in total. The van der Waals surface area contributed by atoms with Crippen molar-refractivity contribution < 1.29 is 10.2 Å². The topological polar surface area (TPSA) is 43.7 Å². The molecule has 3 heteroatoms. The van der Waals surface area contributed by atoms with Gasteiger partial charge >= 0.3 is 0 Å². The Labute approximate surface area is 68.0 Å². The highest BCUT2D eigenvalue weighted by Gasteiger charge is 2.01. The van der Waals surface area contributed by atoms with Gasteiger partial charge in [0.1, 0.15) is 0 Å². The zero-order valence-electron chi connectivity index (χ0n) is 7.08. The third-order valence-electron chi connectivity index (χ3n) is 1.33. The van der Waals surface area contributed by atoms with Crippen LogP contribution in [-0.4, -0.2) is 48.0 Å². The molecule has 0 aromatic carbocycles. The summed E-state index contributed by atoms with van der Waals surface area (Å²) in [5, 5.41) is 17.2. The lowest BCUT2D eigenvalue weighted by Crippen LogP contribution is -2.31. The largest absolute Gasteiger partial charge is 0.395 e. The summed E-state index contributed by atoms with van der Waals surface area (Å²) in [7, 11) is 0. The van der Waals surface area contributed by atoms with Crippen molar-refractivity contribution in [1.82, 2.24) is 4.90 Å². The van der Waals surface area contributed by atoms with E-state index < -0.39 is 0 Å². The lowest BCUT2D eigenvalue weighted by molar-refractivity contribution is 0.170. The van der Waals surface area contributed by atoms with E-state index in [1.54, 1.807) is 0 Å². The van der Waals surface area contributed by atoms with Crippen molar-refractivity contribution in [2.75, 3.05) is 32.8 Å². The average Bonchev–Trinajstić information content (AvgIpc) is 1.87. The normalized spacial score (nSPS) is 10.5. The first-order chi connectivity index (χ1) is 5.20. The molecule has 0 bridgehead atoms. The molecule has 0 aromatic rings. The van der Waals surface area contributed by atoms with Crippen molar-refractivity contribution in [2.45, 2.75) is 6.92 Å². The molecule has 0 radical (unpaired) electrons. The van der Waals surface area contributed by atoms with E-state index in [1.165, 1.54) is 0 Å². The molecule has 0 atom stereocenters. The van der Waals surface area contributed by atoms with E-state index in [4.69, 9.17) is 10.2 Å². The molecule has 0 unspecified atom stereocenters. The summed E-state index contributed by atoms with van der Waals surface area (Å²) in [4.78, 5) is 1.96. The van der Waals surface area contributed by atoms with Crippen LogP contribution in [0.15, 0.2) is 12.2 Å². The maximum atomic E-state index is 8.62. The Balaban J connectivity index is 3.59. The summed E-state index contributed by atoms with van der Waals surface area (Å²) in [6.07, 6.45) is 0. The first-order valence-electron chi connectivity index (χ1n) is 3.79. The Morgan fingerprint density at radius 1 is 1.27 bits per heavy atom. The van der Waals surface area contributed by atoms with E-state index in [-0.39, 0.29) is 13.2 Å². The molecule has 0 saturated heterocycles. The van der Waals surface area contributed by atoms with Crippen LogP contribution in [0.1, 0.15) is 6.92 Å². The minimum Gasteiger partial charge on any atom is -0.395 e. The van der Waals surface area contributed by atoms with Gasteiger partial charge in [0.2, 0.25) is 0 Å². The van der Waals surface area contributed by atoms with Gasteiger partial charge in [-0.15, -0.1) is 0 Å². The van der Waals surface area contributed by atoms with Crippen LogP contribution in [0.25, 0.3) is 0 Å². The number of aliphatic hydroxyl groups excluding tert-OH is 2. The van der Waals surface area contributed by atoms with Crippen LogP contribution in [-0.2, 0) is 0 Å². The smallest absolute Gasteiger partial charge is 0.0558 e. The molecule has 0 saturated carbocycles. The Morgan fingerprint density at radius 2 is 1.73 bits per heavy atom. The van der Waals surface area contributed by atoms with Gasteiger partial charge in [-0.3, -0.25) is 4.90 Å².